The lowest BCUT2D eigenvalue weighted by atomic mass is 9.68. The summed E-state index contributed by atoms with van der Waals surface area (Å²) in [6, 6.07) is 3.51. The van der Waals surface area contributed by atoms with Crippen molar-refractivity contribution in [3.63, 3.8) is 0 Å². The number of carboxylic acid groups (broad SMARTS) is 1. The Hall–Kier alpha value is -1.13. The molecule has 0 unspecified atom stereocenters. The Bertz CT molecular complexity index is 349. The SMILES string of the molecule is Cl.O=C(O)C1CC(O)(c2cccnc2)C1. The van der Waals surface area contributed by atoms with Crippen LogP contribution in [0.5, 0.6) is 0 Å². The summed E-state index contributed by atoms with van der Waals surface area (Å²) in [6.45, 7) is 0. The minimum atomic E-state index is -0.975. The van der Waals surface area contributed by atoms with Crippen molar-refractivity contribution in [1.82, 2.24) is 4.98 Å². The highest BCUT2D eigenvalue weighted by Gasteiger charge is 2.47. The summed E-state index contributed by atoms with van der Waals surface area (Å²) in [6.07, 6.45) is 3.78. The van der Waals surface area contributed by atoms with Gasteiger partial charge in [-0.2, -0.15) is 0 Å². The number of carbonyl (C=O) groups is 1. The smallest absolute Gasteiger partial charge is 0.306 e. The number of aliphatic carboxylic acids is 1. The Balaban J connectivity index is 0.00000112. The standard InChI is InChI=1S/C10H11NO3.ClH/c12-9(13)7-4-10(14,5-7)8-2-1-3-11-6-8;/h1-3,6-7,14H,4-5H2,(H,12,13);1H. The highest BCUT2D eigenvalue weighted by molar-refractivity contribution is 5.85. The molecule has 15 heavy (non-hydrogen) atoms. The van der Waals surface area contributed by atoms with E-state index in [0.717, 1.165) is 0 Å². The number of hydrogen-bond acceptors (Lipinski definition) is 3. The predicted octanol–water partition coefficient (Wildman–Crippen LogP) is 1.19. The van der Waals surface area contributed by atoms with Gasteiger partial charge in [-0.3, -0.25) is 9.78 Å². The molecule has 0 aliphatic heterocycles. The fourth-order valence-electron chi connectivity index (χ4n) is 1.80. The van der Waals surface area contributed by atoms with Crippen LogP contribution in [0.25, 0.3) is 0 Å². The molecule has 82 valence electrons. The van der Waals surface area contributed by atoms with Gasteiger partial charge in [-0.05, 0) is 18.9 Å². The Morgan fingerprint density at radius 2 is 2.20 bits per heavy atom. The third kappa shape index (κ3) is 2.11. The van der Waals surface area contributed by atoms with Crippen molar-refractivity contribution in [3.05, 3.63) is 30.1 Å². The molecule has 1 heterocycles. The third-order valence-electron chi connectivity index (χ3n) is 2.72. The molecule has 1 aliphatic carbocycles. The number of carboxylic acids is 1. The first-order chi connectivity index (χ1) is 6.62. The molecular weight excluding hydrogens is 218 g/mol. The first-order valence-corrected chi connectivity index (χ1v) is 4.47. The number of rotatable bonds is 2. The van der Waals surface area contributed by atoms with E-state index in [-0.39, 0.29) is 25.2 Å². The third-order valence-corrected chi connectivity index (χ3v) is 2.72. The van der Waals surface area contributed by atoms with Gasteiger partial charge in [0.2, 0.25) is 0 Å². The Morgan fingerprint density at radius 3 is 2.67 bits per heavy atom. The van der Waals surface area contributed by atoms with E-state index in [4.69, 9.17) is 5.11 Å². The van der Waals surface area contributed by atoms with Crippen molar-refractivity contribution in [2.45, 2.75) is 18.4 Å². The maximum atomic E-state index is 10.6. The fourth-order valence-corrected chi connectivity index (χ4v) is 1.80. The summed E-state index contributed by atoms with van der Waals surface area (Å²) in [5.74, 6) is -1.25. The average molecular weight is 230 g/mol. The van der Waals surface area contributed by atoms with Crippen LogP contribution in [0, 0.1) is 5.92 Å². The van der Waals surface area contributed by atoms with Gasteiger partial charge in [0.05, 0.1) is 11.5 Å². The lowest BCUT2D eigenvalue weighted by Crippen LogP contribution is -2.44. The van der Waals surface area contributed by atoms with Crippen LogP contribution < -0.4 is 0 Å². The van der Waals surface area contributed by atoms with E-state index in [9.17, 15) is 9.90 Å². The molecule has 2 N–H and O–H groups in total. The quantitative estimate of drug-likeness (QED) is 0.799. The molecule has 0 amide bonds. The Kier molecular flexibility index (Phi) is 3.31. The summed E-state index contributed by atoms with van der Waals surface area (Å²) in [4.78, 5) is 14.5. The molecule has 0 saturated heterocycles. The molecule has 0 radical (unpaired) electrons. The molecule has 2 rings (SSSR count). The second-order valence-electron chi connectivity index (χ2n) is 3.72. The first-order valence-electron chi connectivity index (χ1n) is 4.47. The summed E-state index contributed by atoms with van der Waals surface area (Å²) in [5, 5.41) is 18.7. The average Bonchev–Trinajstić information content (AvgIpc) is 2.14. The highest BCUT2D eigenvalue weighted by Crippen LogP contribution is 2.45. The molecular formula is C10H12ClNO3. The molecule has 0 aromatic carbocycles. The van der Waals surface area contributed by atoms with Gasteiger partial charge < -0.3 is 10.2 Å². The number of pyridine rings is 1. The first kappa shape index (κ1) is 11.9. The van der Waals surface area contributed by atoms with Crippen LogP contribution >= 0.6 is 12.4 Å². The maximum absolute atomic E-state index is 10.6. The maximum Gasteiger partial charge on any atom is 0.306 e. The van der Waals surface area contributed by atoms with Crippen molar-refractivity contribution in [2.24, 2.45) is 5.92 Å². The van der Waals surface area contributed by atoms with Crippen LogP contribution in [0.1, 0.15) is 18.4 Å². The molecule has 1 aliphatic rings. The molecule has 5 heteroatoms. The van der Waals surface area contributed by atoms with Crippen molar-refractivity contribution in [2.75, 3.05) is 0 Å². The topological polar surface area (TPSA) is 70.4 Å². The van der Waals surface area contributed by atoms with Crippen LogP contribution in [0.15, 0.2) is 24.5 Å². The highest BCUT2D eigenvalue weighted by atomic mass is 35.5. The van der Waals surface area contributed by atoms with Gasteiger partial charge in [0.25, 0.3) is 0 Å². The molecule has 0 spiro atoms. The number of hydrogen-bond donors (Lipinski definition) is 2. The van der Waals surface area contributed by atoms with E-state index in [1.165, 1.54) is 0 Å². The van der Waals surface area contributed by atoms with Crippen LogP contribution in [0.3, 0.4) is 0 Å². The number of halogens is 1. The molecule has 0 bridgehead atoms. The van der Waals surface area contributed by atoms with Gasteiger partial charge in [-0.25, -0.2) is 0 Å². The molecule has 1 aromatic rings. The summed E-state index contributed by atoms with van der Waals surface area (Å²) < 4.78 is 0. The largest absolute Gasteiger partial charge is 0.481 e. The lowest BCUT2D eigenvalue weighted by Gasteiger charge is -2.41. The minimum absolute atomic E-state index is 0. The number of aliphatic hydroxyl groups is 1. The molecule has 4 nitrogen and oxygen atoms in total. The monoisotopic (exact) mass is 229 g/mol. The number of nitrogens with zero attached hydrogens (tertiary/aromatic N) is 1. The van der Waals surface area contributed by atoms with Crippen molar-refractivity contribution < 1.29 is 15.0 Å². The van der Waals surface area contributed by atoms with Gasteiger partial charge in [0.15, 0.2) is 0 Å². The lowest BCUT2D eigenvalue weighted by molar-refractivity contribution is -0.159. The van der Waals surface area contributed by atoms with Gasteiger partial charge in [0.1, 0.15) is 0 Å². The van der Waals surface area contributed by atoms with Crippen molar-refractivity contribution in [1.29, 1.82) is 0 Å². The van der Waals surface area contributed by atoms with Crippen molar-refractivity contribution in [3.8, 4) is 0 Å². The normalized spacial score (nSPS) is 28.7. The summed E-state index contributed by atoms with van der Waals surface area (Å²) >= 11 is 0. The second kappa shape index (κ2) is 4.16. The Morgan fingerprint density at radius 1 is 1.53 bits per heavy atom. The van der Waals surface area contributed by atoms with Crippen LogP contribution in [-0.4, -0.2) is 21.2 Å². The van der Waals surface area contributed by atoms with E-state index in [0.29, 0.717) is 5.56 Å². The zero-order chi connectivity index (χ0) is 10.2. The molecule has 0 atom stereocenters. The molecule has 1 saturated carbocycles. The zero-order valence-corrected chi connectivity index (χ0v) is 8.78. The number of aromatic nitrogens is 1. The van der Waals surface area contributed by atoms with Gasteiger partial charge in [0, 0.05) is 18.0 Å². The van der Waals surface area contributed by atoms with E-state index >= 15 is 0 Å². The zero-order valence-electron chi connectivity index (χ0n) is 7.96. The second-order valence-corrected chi connectivity index (χ2v) is 3.72. The Labute approximate surface area is 93.4 Å². The molecule has 1 fully saturated rings. The van der Waals surface area contributed by atoms with Gasteiger partial charge >= 0.3 is 5.97 Å². The van der Waals surface area contributed by atoms with Crippen LogP contribution in [-0.2, 0) is 10.4 Å². The van der Waals surface area contributed by atoms with Crippen molar-refractivity contribution >= 4 is 18.4 Å². The van der Waals surface area contributed by atoms with Gasteiger partial charge in [-0.15, -0.1) is 12.4 Å². The van der Waals surface area contributed by atoms with E-state index in [1.807, 2.05) is 0 Å². The summed E-state index contributed by atoms with van der Waals surface area (Å²) in [5.41, 5.74) is -0.269. The van der Waals surface area contributed by atoms with E-state index in [1.54, 1.807) is 24.5 Å². The van der Waals surface area contributed by atoms with E-state index in [2.05, 4.69) is 4.98 Å². The van der Waals surface area contributed by atoms with Crippen LogP contribution in [0.2, 0.25) is 0 Å². The van der Waals surface area contributed by atoms with Gasteiger partial charge in [-0.1, -0.05) is 6.07 Å². The summed E-state index contributed by atoms with van der Waals surface area (Å²) in [7, 11) is 0. The van der Waals surface area contributed by atoms with Crippen LogP contribution in [0.4, 0.5) is 0 Å². The molecule has 1 aromatic heterocycles. The van der Waals surface area contributed by atoms with E-state index < -0.39 is 17.5 Å². The fraction of sp³-hybridized carbons (Fsp3) is 0.400. The minimum Gasteiger partial charge on any atom is -0.481 e. The predicted molar refractivity (Wildman–Crippen MR) is 55.7 cm³/mol.